The molecule has 1 aromatic rings. The van der Waals surface area contributed by atoms with Crippen molar-refractivity contribution in [2.45, 2.75) is 6.42 Å². The topological polar surface area (TPSA) is 80.4 Å². The molecule has 0 bridgehead atoms. The zero-order chi connectivity index (χ0) is 11.4. The first-order valence-electron chi connectivity index (χ1n) is 4.16. The van der Waals surface area contributed by atoms with Crippen molar-refractivity contribution < 1.29 is 14.8 Å². The molecule has 0 amide bonds. The average molecular weight is 207 g/mol. The smallest absolute Gasteiger partial charge is 0.311 e. The van der Waals surface area contributed by atoms with Gasteiger partial charge in [-0.1, -0.05) is 6.08 Å². The van der Waals surface area contributed by atoms with E-state index in [-0.39, 0.29) is 12.0 Å². The number of phenols is 1. The van der Waals surface area contributed by atoms with Gasteiger partial charge in [0.1, 0.15) is 6.29 Å². The van der Waals surface area contributed by atoms with Crippen LogP contribution in [0.5, 0.6) is 5.75 Å². The van der Waals surface area contributed by atoms with Crippen LogP contribution in [-0.2, 0) is 6.42 Å². The number of nitrogens with zero attached hydrogens (tertiary/aromatic N) is 1. The van der Waals surface area contributed by atoms with E-state index in [1.165, 1.54) is 12.1 Å². The van der Waals surface area contributed by atoms with E-state index in [9.17, 15) is 20.0 Å². The molecule has 0 aliphatic heterocycles. The van der Waals surface area contributed by atoms with Crippen LogP contribution in [0.4, 0.5) is 5.69 Å². The zero-order valence-corrected chi connectivity index (χ0v) is 7.84. The minimum Gasteiger partial charge on any atom is -0.502 e. The minimum absolute atomic E-state index is 0.163. The number of carbonyl (C=O) groups excluding carboxylic acids is 1. The molecule has 0 saturated carbocycles. The number of carbonyl (C=O) groups is 1. The Kier molecular flexibility index (Phi) is 3.17. The van der Waals surface area contributed by atoms with Gasteiger partial charge in [-0.25, -0.2) is 0 Å². The summed E-state index contributed by atoms with van der Waals surface area (Å²) in [5.74, 6) is -0.412. The lowest BCUT2D eigenvalue weighted by molar-refractivity contribution is -0.385. The van der Waals surface area contributed by atoms with Crippen molar-refractivity contribution in [3.63, 3.8) is 0 Å². The Hall–Kier alpha value is -2.17. The molecule has 1 N–H and O–H groups in total. The van der Waals surface area contributed by atoms with Crippen LogP contribution in [0.1, 0.15) is 15.9 Å². The molecule has 0 aliphatic rings. The summed E-state index contributed by atoms with van der Waals surface area (Å²) in [5, 5.41) is 20.1. The van der Waals surface area contributed by atoms with Crippen molar-refractivity contribution in [3.8, 4) is 5.75 Å². The van der Waals surface area contributed by atoms with Gasteiger partial charge in [0.05, 0.1) is 4.92 Å². The summed E-state index contributed by atoms with van der Waals surface area (Å²) in [6.45, 7) is 3.46. The number of allylic oxidation sites excluding steroid dienone is 1. The number of aldehydes is 1. The molecule has 0 radical (unpaired) electrons. The molecule has 0 fully saturated rings. The van der Waals surface area contributed by atoms with Crippen molar-refractivity contribution in [3.05, 3.63) is 46.0 Å². The Labute approximate surface area is 85.8 Å². The highest BCUT2D eigenvalue weighted by molar-refractivity contribution is 5.78. The van der Waals surface area contributed by atoms with Gasteiger partial charge in [0.25, 0.3) is 0 Å². The maximum atomic E-state index is 10.6. The van der Waals surface area contributed by atoms with Crippen molar-refractivity contribution >= 4 is 12.0 Å². The molecule has 0 unspecified atom stereocenters. The molecule has 1 rings (SSSR count). The SMILES string of the molecule is C=CCc1cc(C=O)cc([N+](=O)[O-])c1O. The van der Waals surface area contributed by atoms with Crippen LogP contribution in [0.3, 0.4) is 0 Å². The predicted octanol–water partition coefficient (Wildman–Crippen LogP) is 1.84. The highest BCUT2D eigenvalue weighted by atomic mass is 16.6. The van der Waals surface area contributed by atoms with Gasteiger partial charge in [-0.3, -0.25) is 14.9 Å². The summed E-state index contributed by atoms with van der Waals surface area (Å²) in [6.07, 6.45) is 2.26. The molecule has 0 spiro atoms. The van der Waals surface area contributed by atoms with Crippen molar-refractivity contribution in [2.75, 3.05) is 0 Å². The normalized spacial score (nSPS) is 9.60. The molecule has 5 heteroatoms. The quantitative estimate of drug-likeness (QED) is 0.353. The third-order valence-corrected chi connectivity index (χ3v) is 1.89. The summed E-state index contributed by atoms with van der Waals surface area (Å²) in [4.78, 5) is 20.3. The van der Waals surface area contributed by atoms with Gasteiger partial charge >= 0.3 is 5.69 Å². The Morgan fingerprint density at radius 2 is 2.20 bits per heavy atom. The first-order chi connectivity index (χ1) is 7.10. The third kappa shape index (κ3) is 2.19. The standard InChI is InChI=1S/C10H9NO4/c1-2-3-8-4-7(6-12)5-9(10(8)13)11(14)15/h2,4-6,13H,1,3H2. The Morgan fingerprint density at radius 3 is 2.67 bits per heavy atom. The van der Waals surface area contributed by atoms with Crippen LogP contribution in [0.15, 0.2) is 24.8 Å². The maximum absolute atomic E-state index is 10.6. The molecule has 0 atom stereocenters. The van der Waals surface area contributed by atoms with Gasteiger partial charge < -0.3 is 5.11 Å². The fourth-order valence-corrected chi connectivity index (χ4v) is 1.22. The van der Waals surface area contributed by atoms with E-state index in [2.05, 4.69) is 6.58 Å². The van der Waals surface area contributed by atoms with Gasteiger partial charge in [-0.15, -0.1) is 6.58 Å². The van der Waals surface area contributed by atoms with Crippen LogP contribution in [-0.4, -0.2) is 16.3 Å². The molecule has 0 aromatic heterocycles. The first kappa shape index (κ1) is 10.9. The summed E-state index contributed by atoms with van der Waals surface area (Å²) < 4.78 is 0. The highest BCUT2D eigenvalue weighted by Gasteiger charge is 2.17. The lowest BCUT2D eigenvalue weighted by atomic mass is 10.1. The van der Waals surface area contributed by atoms with E-state index in [0.29, 0.717) is 11.8 Å². The van der Waals surface area contributed by atoms with Gasteiger partial charge in [-0.05, 0) is 12.5 Å². The molecule has 5 nitrogen and oxygen atoms in total. The van der Waals surface area contributed by atoms with Gasteiger partial charge in [-0.2, -0.15) is 0 Å². The fraction of sp³-hybridized carbons (Fsp3) is 0.100. The lowest BCUT2D eigenvalue weighted by Gasteiger charge is -2.03. The molecule has 1 aromatic carbocycles. The lowest BCUT2D eigenvalue weighted by Crippen LogP contribution is -1.95. The number of hydrogen-bond donors (Lipinski definition) is 1. The van der Waals surface area contributed by atoms with Gasteiger partial charge in [0.2, 0.25) is 0 Å². The van der Waals surface area contributed by atoms with E-state index in [4.69, 9.17) is 0 Å². The molecule has 0 heterocycles. The molecular formula is C10H9NO4. The molecule has 0 aliphatic carbocycles. The number of benzene rings is 1. The highest BCUT2D eigenvalue weighted by Crippen LogP contribution is 2.31. The van der Waals surface area contributed by atoms with E-state index in [1.807, 2.05) is 0 Å². The number of rotatable bonds is 4. The van der Waals surface area contributed by atoms with Crippen LogP contribution in [0.2, 0.25) is 0 Å². The van der Waals surface area contributed by atoms with Crippen molar-refractivity contribution in [2.24, 2.45) is 0 Å². The van der Waals surface area contributed by atoms with Crippen LogP contribution in [0, 0.1) is 10.1 Å². The van der Waals surface area contributed by atoms with Gasteiger partial charge in [0, 0.05) is 17.2 Å². The van der Waals surface area contributed by atoms with E-state index < -0.39 is 16.4 Å². The first-order valence-corrected chi connectivity index (χ1v) is 4.16. The molecule has 15 heavy (non-hydrogen) atoms. The second-order valence-corrected chi connectivity index (χ2v) is 2.92. The molecule has 78 valence electrons. The Morgan fingerprint density at radius 1 is 1.53 bits per heavy atom. The predicted molar refractivity (Wildman–Crippen MR) is 54.0 cm³/mol. The monoisotopic (exact) mass is 207 g/mol. The van der Waals surface area contributed by atoms with Crippen LogP contribution in [0.25, 0.3) is 0 Å². The van der Waals surface area contributed by atoms with E-state index in [0.717, 1.165) is 6.07 Å². The number of aromatic hydroxyl groups is 1. The Bertz CT molecular complexity index is 426. The summed E-state index contributed by atoms with van der Waals surface area (Å²) in [5.41, 5.74) is 0.0223. The van der Waals surface area contributed by atoms with Crippen molar-refractivity contribution in [1.29, 1.82) is 0 Å². The fourth-order valence-electron chi connectivity index (χ4n) is 1.22. The zero-order valence-electron chi connectivity index (χ0n) is 7.84. The summed E-state index contributed by atoms with van der Waals surface area (Å²) in [7, 11) is 0. The maximum Gasteiger partial charge on any atom is 0.311 e. The third-order valence-electron chi connectivity index (χ3n) is 1.89. The Balaban J connectivity index is 3.38. The largest absolute Gasteiger partial charge is 0.502 e. The number of hydrogen-bond acceptors (Lipinski definition) is 4. The number of nitro benzene ring substituents is 1. The van der Waals surface area contributed by atoms with E-state index >= 15 is 0 Å². The minimum atomic E-state index is -0.727. The number of nitro groups is 1. The average Bonchev–Trinajstić information content (AvgIpc) is 2.21. The van der Waals surface area contributed by atoms with Gasteiger partial charge in [0.15, 0.2) is 5.75 Å². The van der Waals surface area contributed by atoms with E-state index in [1.54, 1.807) is 0 Å². The second kappa shape index (κ2) is 4.36. The molecular weight excluding hydrogens is 198 g/mol. The number of phenolic OH excluding ortho intramolecular Hbond substituents is 1. The summed E-state index contributed by atoms with van der Waals surface area (Å²) >= 11 is 0. The van der Waals surface area contributed by atoms with Crippen molar-refractivity contribution in [1.82, 2.24) is 0 Å². The molecule has 0 saturated heterocycles. The van der Waals surface area contributed by atoms with Crippen LogP contribution < -0.4 is 0 Å². The van der Waals surface area contributed by atoms with Crippen LogP contribution >= 0.6 is 0 Å². The summed E-state index contributed by atoms with van der Waals surface area (Å²) in [6, 6.07) is 2.44. The second-order valence-electron chi connectivity index (χ2n) is 2.92.